The Kier molecular flexibility index (Phi) is 4.11. The summed E-state index contributed by atoms with van der Waals surface area (Å²) in [6.07, 6.45) is -4.74. The lowest BCUT2D eigenvalue weighted by Crippen LogP contribution is -2.28. The molecule has 0 heterocycles. The monoisotopic (exact) mass is 305 g/mol. The highest BCUT2D eigenvalue weighted by Crippen LogP contribution is 2.36. The lowest BCUT2D eigenvalue weighted by molar-refractivity contribution is -0.144. The van der Waals surface area contributed by atoms with Crippen molar-refractivity contribution in [1.29, 1.82) is 0 Å². The standard InChI is InChI=1S/C14H9F6N/c15-9-6-7-10(12(17)11(9)16)21-13(14(18,19)20)8-4-2-1-3-5-8/h1-7,13,21H. The Balaban J connectivity index is 2.40. The summed E-state index contributed by atoms with van der Waals surface area (Å²) in [5.41, 5.74) is -0.936. The summed E-state index contributed by atoms with van der Waals surface area (Å²) >= 11 is 0. The summed E-state index contributed by atoms with van der Waals surface area (Å²) < 4.78 is 78.5. The molecule has 0 spiro atoms. The third kappa shape index (κ3) is 3.29. The van der Waals surface area contributed by atoms with Crippen molar-refractivity contribution < 1.29 is 26.3 Å². The summed E-state index contributed by atoms with van der Waals surface area (Å²) in [6.45, 7) is 0. The molecule has 0 saturated carbocycles. The Morgan fingerprint density at radius 1 is 0.810 bits per heavy atom. The topological polar surface area (TPSA) is 12.0 Å². The van der Waals surface area contributed by atoms with E-state index in [0.29, 0.717) is 6.07 Å². The first-order valence-electron chi connectivity index (χ1n) is 5.82. The first-order valence-corrected chi connectivity index (χ1v) is 5.82. The van der Waals surface area contributed by atoms with Crippen LogP contribution in [0.2, 0.25) is 0 Å². The van der Waals surface area contributed by atoms with Crippen molar-refractivity contribution in [2.45, 2.75) is 12.2 Å². The number of nitrogens with one attached hydrogen (secondary N) is 1. The first kappa shape index (κ1) is 15.2. The second-order valence-electron chi connectivity index (χ2n) is 4.25. The number of hydrogen-bond acceptors (Lipinski definition) is 1. The van der Waals surface area contributed by atoms with E-state index in [2.05, 4.69) is 0 Å². The van der Waals surface area contributed by atoms with Crippen LogP contribution in [0.5, 0.6) is 0 Å². The second kappa shape index (κ2) is 5.67. The number of halogens is 6. The van der Waals surface area contributed by atoms with Gasteiger partial charge >= 0.3 is 6.18 Å². The average molecular weight is 305 g/mol. The lowest BCUT2D eigenvalue weighted by atomic mass is 10.1. The maximum atomic E-state index is 13.5. The fourth-order valence-corrected chi connectivity index (χ4v) is 1.79. The van der Waals surface area contributed by atoms with Gasteiger partial charge in [0.25, 0.3) is 0 Å². The van der Waals surface area contributed by atoms with E-state index in [1.807, 2.05) is 5.32 Å². The van der Waals surface area contributed by atoms with Crippen molar-refractivity contribution in [3.63, 3.8) is 0 Å². The van der Waals surface area contributed by atoms with Crippen molar-refractivity contribution >= 4 is 5.69 Å². The van der Waals surface area contributed by atoms with Crippen LogP contribution in [0.25, 0.3) is 0 Å². The number of benzene rings is 2. The van der Waals surface area contributed by atoms with E-state index < -0.39 is 35.4 Å². The van der Waals surface area contributed by atoms with E-state index in [0.717, 1.165) is 6.07 Å². The lowest BCUT2D eigenvalue weighted by Gasteiger charge is -2.23. The number of alkyl halides is 3. The SMILES string of the molecule is Fc1ccc(NC(c2ccccc2)C(F)(F)F)c(F)c1F. The minimum atomic E-state index is -4.74. The fraction of sp³-hybridized carbons (Fsp3) is 0.143. The molecular formula is C14H9F6N. The minimum absolute atomic E-state index is 0.172. The zero-order chi connectivity index (χ0) is 15.6. The van der Waals surface area contributed by atoms with E-state index in [-0.39, 0.29) is 5.56 Å². The highest BCUT2D eigenvalue weighted by atomic mass is 19.4. The highest BCUT2D eigenvalue weighted by Gasteiger charge is 2.41. The number of anilines is 1. The van der Waals surface area contributed by atoms with Gasteiger partial charge in [-0.15, -0.1) is 0 Å². The van der Waals surface area contributed by atoms with Gasteiger partial charge in [-0.3, -0.25) is 0 Å². The summed E-state index contributed by atoms with van der Waals surface area (Å²) in [7, 11) is 0. The molecule has 1 atom stereocenters. The Morgan fingerprint density at radius 2 is 1.43 bits per heavy atom. The minimum Gasteiger partial charge on any atom is -0.368 e. The molecule has 0 aliphatic carbocycles. The van der Waals surface area contributed by atoms with Crippen LogP contribution in [0.15, 0.2) is 42.5 Å². The molecule has 0 fully saturated rings. The van der Waals surface area contributed by atoms with Gasteiger partial charge in [0.1, 0.15) is 6.04 Å². The van der Waals surface area contributed by atoms with Gasteiger partial charge in [-0.2, -0.15) is 13.2 Å². The predicted molar refractivity (Wildman–Crippen MR) is 65.2 cm³/mol. The molecular weight excluding hydrogens is 296 g/mol. The van der Waals surface area contributed by atoms with E-state index in [1.165, 1.54) is 30.3 Å². The van der Waals surface area contributed by atoms with Gasteiger partial charge in [0.2, 0.25) is 0 Å². The van der Waals surface area contributed by atoms with Gasteiger partial charge < -0.3 is 5.32 Å². The van der Waals surface area contributed by atoms with Gasteiger partial charge in [-0.1, -0.05) is 30.3 Å². The Bertz CT molecular complexity index is 623. The average Bonchev–Trinajstić information content (AvgIpc) is 2.44. The molecule has 0 radical (unpaired) electrons. The summed E-state index contributed by atoms with van der Waals surface area (Å²) in [6, 6.07) is 5.72. The van der Waals surface area contributed by atoms with Gasteiger partial charge in [0.15, 0.2) is 17.5 Å². The molecule has 0 aliphatic rings. The summed E-state index contributed by atoms with van der Waals surface area (Å²) in [5.74, 6) is -4.99. The van der Waals surface area contributed by atoms with Crippen LogP contribution in [0, 0.1) is 17.5 Å². The van der Waals surface area contributed by atoms with Crippen LogP contribution in [-0.4, -0.2) is 6.18 Å². The normalized spacial score (nSPS) is 13.0. The fourth-order valence-electron chi connectivity index (χ4n) is 1.79. The largest absolute Gasteiger partial charge is 0.412 e. The van der Waals surface area contributed by atoms with Crippen molar-refractivity contribution in [3.05, 3.63) is 65.5 Å². The van der Waals surface area contributed by atoms with E-state index >= 15 is 0 Å². The molecule has 2 aromatic carbocycles. The molecule has 1 unspecified atom stereocenters. The van der Waals surface area contributed by atoms with Gasteiger partial charge in [0, 0.05) is 0 Å². The number of rotatable bonds is 3. The predicted octanol–water partition coefficient (Wildman–Crippen LogP) is 4.82. The Morgan fingerprint density at radius 3 is 2.00 bits per heavy atom. The zero-order valence-corrected chi connectivity index (χ0v) is 10.4. The smallest absolute Gasteiger partial charge is 0.368 e. The van der Waals surface area contributed by atoms with Crippen molar-refractivity contribution in [3.8, 4) is 0 Å². The third-order valence-electron chi connectivity index (χ3n) is 2.80. The number of hydrogen-bond donors (Lipinski definition) is 1. The maximum Gasteiger partial charge on any atom is 0.412 e. The van der Waals surface area contributed by atoms with Crippen LogP contribution >= 0.6 is 0 Å². The highest BCUT2D eigenvalue weighted by molar-refractivity contribution is 5.48. The van der Waals surface area contributed by atoms with E-state index in [1.54, 1.807) is 0 Å². The summed E-state index contributed by atoms with van der Waals surface area (Å²) in [5, 5.41) is 1.86. The van der Waals surface area contributed by atoms with Crippen LogP contribution in [0.1, 0.15) is 11.6 Å². The molecule has 0 aliphatic heterocycles. The molecule has 1 N–H and O–H groups in total. The third-order valence-corrected chi connectivity index (χ3v) is 2.80. The van der Waals surface area contributed by atoms with Crippen LogP contribution in [0.4, 0.5) is 32.0 Å². The Hall–Kier alpha value is -2.18. The molecule has 0 amide bonds. The Labute approximate surface area is 116 Å². The zero-order valence-electron chi connectivity index (χ0n) is 10.4. The van der Waals surface area contributed by atoms with Crippen LogP contribution in [0.3, 0.4) is 0 Å². The first-order chi connectivity index (χ1) is 9.80. The van der Waals surface area contributed by atoms with Crippen LogP contribution < -0.4 is 5.32 Å². The molecule has 1 nitrogen and oxygen atoms in total. The molecule has 112 valence electrons. The van der Waals surface area contributed by atoms with Crippen LogP contribution in [-0.2, 0) is 0 Å². The van der Waals surface area contributed by atoms with Crippen molar-refractivity contribution in [2.75, 3.05) is 5.32 Å². The molecule has 0 saturated heterocycles. The maximum absolute atomic E-state index is 13.5. The second-order valence-corrected chi connectivity index (χ2v) is 4.25. The molecule has 0 aromatic heterocycles. The van der Waals surface area contributed by atoms with Gasteiger partial charge in [0.05, 0.1) is 5.69 Å². The molecule has 0 bridgehead atoms. The van der Waals surface area contributed by atoms with E-state index in [4.69, 9.17) is 0 Å². The van der Waals surface area contributed by atoms with Gasteiger partial charge in [-0.25, -0.2) is 13.2 Å². The molecule has 21 heavy (non-hydrogen) atoms. The van der Waals surface area contributed by atoms with Crippen molar-refractivity contribution in [2.24, 2.45) is 0 Å². The quantitative estimate of drug-likeness (QED) is 0.633. The van der Waals surface area contributed by atoms with Gasteiger partial charge in [-0.05, 0) is 17.7 Å². The van der Waals surface area contributed by atoms with E-state index in [9.17, 15) is 26.3 Å². The molecule has 7 heteroatoms. The molecule has 2 rings (SSSR count). The summed E-state index contributed by atoms with van der Waals surface area (Å²) in [4.78, 5) is 0. The van der Waals surface area contributed by atoms with Crippen molar-refractivity contribution in [1.82, 2.24) is 0 Å². The molecule has 2 aromatic rings.